The quantitative estimate of drug-likeness (QED) is 0.475. The summed E-state index contributed by atoms with van der Waals surface area (Å²) in [6, 6.07) is 7.54. The Balaban J connectivity index is 1.35. The third-order valence-corrected chi connectivity index (χ3v) is 7.20. The first-order chi connectivity index (χ1) is 17.4. The molecule has 0 radical (unpaired) electrons. The minimum absolute atomic E-state index is 0.0724. The first-order valence-corrected chi connectivity index (χ1v) is 12.5. The zero-order chi connectivity index (χ0) is 25.4. The minimum Gasteiger partial charge on any atom is -0.481 e. The van der Waals surface area contributed by atoms with Gasteiger partial charge in [-0.2, -0.15) is 0 Å². The van der Waals surface area contributed by atoms with Gasteiger partial charge in [0.25, 0.3) is 5.91 Å². The van der Waals surface area contributed by atoms with E-state index in [9.17, 15) is 14.4 Å². The van der Waals surface area contributed by atoms with Gasteiger partial charge in [0.05, 0.1) is 18.7 Å². The lowest BCUT2D eigenvalue weighted by molar-refractivity contribution is -0.133. The number of amides is 3. The highest BCUT2D eigenvalue weighted by atomic mass is 79.9. The molecule has 1 fully saturated rings. The van der Waals surface area contributed by atoms with E-state index < -0.39 is 0 Å². The molecule has 10 heteroatoms. The second-order valence-corrected chi connectivity index (χ2v) is 9.89. The molecule has 3 amide bonds. The number of fused-ring (bicyclic) bond motifs is 2. The lowest BCUT2D eigenvalue weighted by Crippen LogP contribution is -2.61. The Kier molecular flexibility index (Phi) is 6.53. The van der Waals surface area contributed by atoms with Crippen LogP contribution in [0.5, 0.6) is 5.88 Å². The highest BCUT2D eigenvalue weighted by Crippen LogP contribution is 2.30. The molecule has 1 N–H and O–H groups in total. The number of hydrogen-bond donors (Lipinski definition) is 1. The highest BCUT2D eigenvalue weighted by Gasteiger charge is 2.31. The Hall–Kier alpha value is -3.66. The smallest absolute Gasteiger partial charge is 0.256 e. The summed E-state index contributed by atoms with van der Waals surface area (Å²) >= 11 is 3.51. The maximum atomic E-state index is 13.7. The van der Waals surface area contributed by atoms with Gasteiger partial charge in [-0.05, 0) is 42.3 Å². The Morgan fingerprint density at radius 1 is 1.25 bits per heavy atom. The number of nitrogens with one attached hydrogen (secondary N) is 1. The van der Waals surface area contributed by atoms with Crippen molar-refractivity contribution in [3.63, 3.8) is 0 Å². The predicted molar refractivity (Wildman–Crippen MR) is 138 cm³/mol. The molecule has 36 heavy (non-hydrogen) atoms. The van der Waals surface area contributed by atoms with E-state index in [2.05, 4.69) is 32.8 Å². The summed E-state index contributed by atoms with van der Waals surface area (Å²) in [6.07, 6.45) is 5.39. The van der Waals surface area contributed by atoms with Gasteiger partial charge in [-0.1, -0.05) is 22.5 Å². The molecule has 3 aromatic rings. The average molecular weight is 552 g/mol. The number of halogens is 1. The van der Waals surface area contributed by atoms with Crippen molar-refractivity contribution in [2.75, 3.05) is 26.7 Å². The molecule has 5 rings (SSSR count). The van der Waals surface area contributed by atoms with Crippen molar-refractivity contribution in [1.29, 1.82) is 0 Å². The van der Waals surface area contributed by atoms with Crippen molar-refractivity contribution in [2.24, 2.45) is 0 Å². The monoisotopic (exact) mass is 551 g/mol. The van der Waals surface area contributed by atoms with Crippen molar-refractivity contribution in [1.82, 2.24) is 24.7 Å². The number of aromatic nitrogens is 2. The summed E-state index contributed by atoms with van der Waals surface area (Å²) < 4.78 is 8.04. The number of pyridine rings is 1. The van der Waals surface area contributed by atoms with Gasteiger partial charge in [0.2, 0.25) is 17.7 Å². The number of hydrogen-bond acceptors (Lipinski definition) is 5. The number of rotatable bonds is 6. The van der Waals surface area contributed by atoms with Crippen LogP contribution in [-0.4, -0.2) is 69.9 Å². The molecule has 0 spiro atoms. The summed E-state index contributed by atoms with van der Waals surface area (Å²) in [7, 11) is 1.60. The van der Waals surface area contributed by atoms with Crippen LogP contribution in [0.1, 0.15) is 21.5 Å². The van der Waals surface area contributed by atoms with Crippen LogP contribution in [0.3, 0.4) is 0 Å². The third-order valence-electron chi connectivity index (χ3n) is 6.71. The fourth-order valence-corrected chi connectivity index (χ4v) is 5.22. The van der Waals surface area contributed by atoms with Crippen LogP contribution < -0.4 is 10.1 Å². The van der Waals surface area contributed by atoms with Crippen molar-refractivity contribution < 1.29 is 19.1 Å². The van der Waals surface area contributed by atoms with E-state index in [4.69, 9.17) is 4.74 Å². The van der Waals surface area contributed by atoms with Gasteiger partial charge < -0.3 is 24.4 Å². The fourth-order valence-electron chi connectivity index (χ4n) is 4.86. The van der Waals surface area contributed by atoms with Gasteiger partial charge in [-0.25, -0.2) is 4.98 Å². The molecule has 186 valence electrons. The molecule has 2 aliphatic rings. The average Bonchev–Trinajstić information content (AvgIpc) is 3.21. The third kappa shape index (κ3) is 4.48. The maximum absolute atomic E-state index is 13.7. The van der Waals surface area contributed by atoms with Crippen LogP contribution >= 0.6 is 15.9 Å². The largest absolute Gasteiger partial charge is 0.481 e. The van der Waals surface area contributed by atoms with Crippen LogP contribution in [0, 0.1) is 0 Å². The summed E-state index contributed by atoms with van der Waals surface area (Å²) in [4.78, 5) is 45.8. The van der Waals surface area contributed by atoms with Gasteiger partial charge in [-0.3, -0.25) is 14.4 Å². The Morgan fingerprint density at radius 2 is 2.06 bits per heavy atom. The molecule has 0 saturated carbocycles. The van der Waals surface area contributed by atoms with Gasteiger partial charge in [0.1, 0.15) is 6.54 Å². The zero-order valence-electron chi connectivity index (χ0n) is 19.9. The molecular formula is C26H26BrN5O4. The van der Waals surface area contributed by atoms with Gasteiger partial charge in [0.15, 0.2) is 0 Å². The molecule has 0 atom stereocenters. The van der Waals surface area contributed by atoms with Crippen LogP contribution in [-0.2, 0) is 29.1 Å². The molecule has 4 heterocycles. The van der Waals surface area contributed by atoms with E-state index in [1.54, 1.807) is 29.0 Å². The topological polar surface area (TPSA) is 96.8 Å². The molecule has 0 bridgehead atoms. The van der Waals surface area contributed by atoms with E-state index in [0.717, 1.165) is 26.5 Å². The minimum atomic E-state index is -0.170. The van der Waals surface area contributed by atoms with E-state index in [1.165, 1.54) is 6.08 Å². The van der Waals surface area contributed by atoms with Crippen molar-refractivity contribution in [3.8, 4) is 5.88 Å². The lowest BCUT2D eigenvalue weighted by atomic mass is 10.0. The Bertz CT molecular complexity index is 1380. The van der Waals surface area contributed by atoms with Crippen molar-refractivity contribution in [2.45, 2.75) is 25.6 Å². The van der Waals surface area contributed by atoms with Crippen molar-refractivity contribution >= 4 is 44.6 Å². The van der Waals surface area contributed by atoms with Gasteiger partial charge >= 0.3 is 0 Å². The summed E-state index contributed by atoms with van der Waals surface area (Å²) in [5.41, 5.74) is 3.41. The standard InChI is InChI=1S/C26H26BrN5O4/c1-3-24(34)32-12-18(13-32)29-23(33)15-31-14-21(20-10-17(27)4-5-22(20)31)26(35)30-9-7-19-16(11-30)6-8-28-25(19)36-2/h3-6,8,10,14,18H,1,7,9,11-13,15H2,2H3,(H,29,33). The molecule has 0 aliphatic carbocycles. The van der Waals surface area contributed by atoms with Crippen molar-refractivity contribution in [3.05, 3.63) is 70.5 Å². The maximum Gasteiger partial charge on any atom is 0.256 e. The van der Waals surface area contributed by atoms with Crippen LogP contribution in [0.4, 0.5) is 0 Å². The molecule has 2 aromatic heterocycles. The van der Waals surface area contributed by atoms with E-state index in [-0.39, 0.29) is 30.3 Å². The second kappa shape index (κ2) is 9.77. The number of likely N-dealkylation sites (tertiary alicyclic amines) is 1. The number of benzene rings is 1. The zero-order valence-corrected chi connectivity index (χ0v) is 21.5. The molecule has 1 saturated heterocycles. The Labute approximate surface area is 216 Å². The SMILES string of the molecule is C=CC(=O)N1CC(NC(=O)Cn2cc(C(=O)N3CCc4c(ccnc4OC)C3)c3cc(Br)ccc32)C1. The van der Waals surface area contributed by atoms with Gasteiger partial charge in [0, 0.05) is 59.5 Å². The molecule has 2 aliphatic heterocycles. The summed E-state index contributed by atoms with van der Waals surface area (Å²) in [5, 5.41) is 3.75. The summed E-state index contributed by atoms with van der Waals surface area (Å²) in [5.74, 6) is 0.211. The number of carbonyl (C=O) groups is 3. The second-order valence-electron chi connectivity index (χ2n) is 8.98. The van der Waals surface area contributed by atoms with E-state index in [0.29, 0.717) is 44.0 Å². The lowest BCUT2D eigenvalue weighted by Gasteiger charge is -2.38. The van der Waals surface area contributed by atoms with Crippen LogP contribution in [0.15, 0.2) is 53.8 Å². The van der Waals surface area contributed by atoms with Crippen LogP contribution in [0.25, 0.3) is 10.9 Å². The molecular weight excluding hydrogens is 526 g/mol. The Morgan fingerprint density at radius 3 is 2.81 bits per heavy atom. The molecule has 9 nitrogen and oxygen atoms in total. The van der Waals surface area contributed by atoms with E-state index in [1.807, 2.05) is 29.2 Å². The first-order valence-electron chi connectivity index (χ1n) is 11.7. The van der Waals surface area contributed by atoms with Crippen LogP contribution in [0.2, 0.25) is 0 Å². The predicted octanol–water partition coefficient (Wildman–Crippen LogP) is 2.52. The number of nitrogens with zero attached hydrogens (tertiary/aromatic N) is 4. The molecule has 0 unspecified atom stereocenters. The fraction of sp³-hybridized carbons (Fsp3) is 0.308. The number of methoxy groups -OCH3 is 1. The van der Waals surface area contributed by atoms with E-state index >= 15 is 0 Å². The van der Waals surface area contributed by atoms with Gasteiger partial charge in [-0.15, -0.1) is 0 Å². The number of ether oxygens (including phenoxy) is 1. The highest BCUT2D eigenvalue weighted by molar-refractivity contribution is 9.10. The number of carbonyl (C=O) groups excluding carboxylic acids is 3. The normalized spacial score (nSPS) is 15.3. The summed E-state index contributed by atoms with van der Waals surface area (Å²) in [6.45, 7) is 5.52. The first kappa shape index (κ1) is 24.1. The molecule has 1 aromatic carbocycles.